The van der Waals surface area contributed by atoms with Gasteiger partial charge in [0.15, 0.2) is 10.4 Å². The van der Waals surface area contributed by atoms with Gasteiger partial charge in [-0.3, -0.25) is 4.79 Å². The molecular weight excluding hydrogens is 284 g/mol. The number of para-hydroxylation sites is 1. The van der Waals surface area contributed by atoms with E-state index in [1.165, 1.54) is 0 Å². The van der Waals surface area contributed by atoms with E-state index in [4.69, 9.17) is 9.68 Å². The third kappa shape index (κ3) is 2.55. The van der Waals surface area contributed by atoms with Crippen molar-refractivity contribution in [2.75, 3.05) is 5.32 Å². The Morgan fingerprint density at radius 1 is 1.29 bits per heavy atom. The van der Waals surface area contributed by atoms with Crippen LogP contribution in [-0.2, 0) is 0 Å². The van der Waals surface area contributed by atoms with Crippen LogP contribution in [0.25, 0.3) is 0 Å². The van der Waals surface area contributed by atoms with Crippen LogP contribution in [0.5, 0.6) is 0 Å². The molecule has 5 heteroatoms. The first-order chi connectivity index (χ1) is 8.20. The maximum Gasteiger partial charge on any atom is 0.291 e. The molecule has 1 N–H and O–H groups in total. The minimum atomic E-state index is -0.390. The molecule has 0 bridgehead atoms. The zero-order chi connectivity index (χ0) is 12.3. The molecule has 0 aliphatic carbocycles. The largest absolute Gasteiger partial charge is 0.444 e. The number of halogens is 1. The summed E-state index contributed by atoms with van der Waals surface area (Å²) < 4.78 is 5.60. The maximum absolute atomic E-state index is 11.8. The predicted octanol–water partition coefficient (Wildman–Crippen LogP) is 3.17. The Hall–Kier alpha value is -2.06. The SMILES string of the molecule is N#Cc1ccccc1NC(=O)c1ccc(Br)o1. The van der Waals surface area contributed by atoms with E-state index in [0.29, 0.717) is 15.9 Å². The molecule has 0 aliphatic heterocycles. The summed E-state index contributed by atoms with van der Waals surface area (Å²) in [5.41, 5.74) is 0.874. The first kappa shape index (κ1) is 11.4. The molecule has 4 nitrogen and oxygen atoms in total. The highest BCUT2D eigenvalue weighted by Gasteiger charge is 2.12. The second kappa shape index (κ2) is 4.85. The summed E-state index contributed by atoms with van der Waals surface area (Å²) in [5.74, 6) is -0.206. The van der Waals surface area contributed by atoms with Crippen molar-refractivity contribution in [3.05, 3.63) is 52.4 Å². The summed E-state index contributed by atoms with van der Waals surface area (Å²) in [7, 11) is 0. The van der Waals surface area contributed by atoms with Gasteiger partial charge in [0.05, 0.1) is 11.3 Å². The molecule has 0 atom stereocenters. The van der Waals surface area contributed by atoms with Crippen molar-refractivity contribution in [2.24, 2.45) is 0 Å². The minimum Gasteiger partial charge on any atom is -0.444 e. The quantitative estimate of drug-likeness (QED) is 0.924. The Balaban J connectivity index is 2.22. The Bertz CT molecular complexity index is 599. The molecule has 17 heavy (non-hydrogen) atoms. The Kier molecular flexibility index (Phi) is 3.26. The van der Waals surface area contributed by atoms with E-state index in [-0.39, 0.29) is 5.76 Å². The molecule has 2 aromatic rings. The van der Waals surface area contributed by atoms with Crippen LogP contribution in [0.15, 0.2) is 45.5 Å². The van der Waals surface area contributed by atoms with E-state index in [2.05, 4.69) is 21.2 Å². The number of carbonyl (C=O) groups is 1. The van der Waals surface area contributed by atoms with Gasteiger partial charge in [-0.05, 0) is 40.2 Å². The Labute approximate surface area is 106 Å². The van der Waals surface area contributed by atoms with Crippen LogP contribution in [0.2, 0.25) is 0 Å². The van der Waals surface area contributed by atoms with Crippen LogP contribution in [0.1, 0.15) is 16.1 Å². The molecule has 84 valence electrons. The van der Waals surface area contributed by atoms with Gasteiger partial charge < -0.3 is 9.73 Å². The van der Waals surface area contributed by atoms with Gasteiger partial charge in [-0.15, -0.1) is 0 Å². The van der Waals surface area contributed by atoms with Crippen molar-refractivity contribution in [2.45, 2.75) is 0 Å². The molecular formula is C12H7BrN2O2. The number of amides is 1. The fraction of sp³-hybridized carbons (Fsp3) is 0. The van der Waals surface area contributed by atoms with Crippen LogP contribution in [0, 0.1) is 11.3 Å². The van der Waals surface area contributed by atoms with Crippen molar-refractivity contribution >= 4 is 27.5 Å². The molecule has 0 fully saturated rings. The first-order valence-corrected chi connectivity index (χ1v) is 5.56. The van der Waals surface area contributed by atoms with Gasteiger partial charge in [-0.25, -0.2) is 0 Å². The van der Waals surface area contributed by atoms with Gasteiger partial charge >= 0.3 is 0 Å². The van der Waals surface area contributed by atoms with Crippen molar-refractivity contribution in [1.29, 1.82) is 5.26 Å². The fourth-order valence-corrected chi connectivity index (χ4v) is 1.62. The average molecular weight is 291 g/mol. The first-order valence-electron chi connectivity index (χ1n) is 4.76. The standard InChI is InChI=1S/C12H7BrN2O2/c13-11-6-5-10(17-11)12(16)15-9-4-2-1-3-8(9)7-14/h1-6H,(H,15,16). The molecule has 0 spiro atoms. The number of furan rings is 1. The number of carbonyl (C=O) groups excluding carboxylic acids is 1. The summed E-state index contributed by atoms with van der Waals surface area (Å²) in [5, 5.41) is 11.5. The third-order valence-electron chi connectivity index (χ3n) is 2.09. The number of benzene rings is 1. The van der Waals surface area contributed by atoms with Gasteiger partial charge in [-0.2, -0.15) is 5.26 Å². The summed E-state index contributed by atoms with van der Waals surface area (Å²) in [6.45, 7) is 0. The summed E-state index contributed by atoms with van der Waals surface area (Å²) in [4.78, 5) is 11.8. The number of hydrogen-bond donors (Lipinski definition) is 1. The van der Waals surface area contributed by atoms with Crippen molar-refractivity contribution in [3.8, 4) is 6.07 Å². The molecule has 1 heterocycles. The molecule has 1 amide bonds. The van der Waals surface area contributed by atoms with Crippen LogP contribution in [-0.4, -0.2) is 5.91 Å². The topological polar surface area (TPSA) is 66.0 Å². The number of nitriles is 1. The summed E-state index contributed by atoms with van der Waals surface area (Å²) in [6, 6.07) is 12.0. The highest BCUT2D eigenvalue weighted by Crippen LogP contribution is 2.18. The third-order valence-corrected chi connectivity index (χ3v) is 2.52. The highest BCUT2D eigenvalue weighted by atomic mass is 79.9. The van der Waals surface area contributed by atoms with Crippen molar-refractivity contribution in [1.82, 2.24) is 0 Å². The van der Waals surface area contributed by atoms with Gasteiger partial charge in [0.1, 0.15) is 6.07 Å². The van der Waals surface area contributed by atoms with Crippen molar-refractivity contribution in [3.63, 3.8) is 0 Å². The second-order valence-corrected chi connectivity index (χ2v) is 4.00. The monoisotopic (exact) mass is 290 g/mol. The van der Waals surface area contributed by atoms with E-state index in [9.17, 15) is 4.79 Å². The lowest BCUT2D eigenvalue weighted by atomic mass is 10.2. The number of nitrogens with one attached hydrogen (secondary N) is 1. The van der Waals surface area contributed by atoms with E-state index in [1.54, 1.807) is 36.4 Å². The van der Waals surface area contributed by atoms with E-state index in [1.807, 2.05) is 6.07 Å². The van der Waals surface area contributed by atoms with Gasteiger partial charge in [0, 0.05) is 0 Å². The van der Waals surface area contributed by atoms with Gasteiger partial charge in [0.25, 0.3) is 5.91 Å². The lowest BCUT2D eigenvalue weighted by Crippen LogP contribution is -2.11. The lowest BCUT2D eigenvalue weighted by Gasteiger charge is -2.04. The number of nitrogens with zero attached hydrogens (tertiary/aromatic N) is 1. The van der Waals surface area contributed by atoms with Crippen LogP contribution in [0.4, 0.5) is 5.69 Å². The molecule has 1 aromatic carbocycles. The Morgan fingerprint density at radius 2 is 2.06 bits per heavy atom. The smallest absolute Gasteiger partial charge is 0.291 e. The van der Waals surface area contributed by atoms with Crippen LogP contribution >= 0.6 is 15.9 Å². The van der Waals surface area contributed by atoms with E-state index in [0.717, 1.165) is 0 Å². The van der Waals surface area contributed by atoms with E-state index < -0.39 is 5.91 Å². The summed E-state index contributed by atoms with van der Waals surface area (Å²) in [6.07, 6.45) is 0. The summed E-state index contributed by atoms with van der Waals surface area (Å²) >= 11 is 3.11. The molecule has 0 saturated heterocycles. The molecule has 1 aromatic heterocycles. The normalized spacial score (nSPS) is 9.65. The number of hydrogen-bond acceptors (Lipinski definition) is 3. The zero-order valence-corrected chi connectivity index (χ0v) is 10.2. The molecule has 0 aliphatic rings. The highest BCUT2D eigenvalue weighted by molar-refractivity contribution is 9.10. The van der Waals surface area contributed by atoms with E-state index >= 15 is 0 Å². The Morgan fingerprint density at radius 3 is 2.71 bits per heavy atom. The molecule has 0 unspecified atom stereocenters. The van der Waals surface area contributed by atoms with Crippen LogP contribution in [0.3, 0.4) is 0 Å². The number of anilines is 1. The zero-order valence-electron chi connectivity index (χ0n) is 8.61. The predicted molar refractivity (Wildman–Crippen MR) is 65.5 cm³/mol. The van der Waals surface area contributed by atoms with Gasteiger partial charge in [-0.1, -0.05) is 12.1 Å². The van der Waals surface area contributed by atoms with Gasteiger partial charge in [0.2, 0.25) is 0 Å². The molecule has 0 radical (unpaired) electrons. The lowest BCUT2D eigenvalue weighted by molar-refractivity contribution is 0.0995. The average Bonchev–Trinajstić information content (AvgIpc) is 2.77. The maximum atomic E-state index is 11.8. The second-order valence-electron chi connectivity index (χ2n) is 3.22. The van der Waals surface area contributed by atoms with Crippen molar-refractivity contribution < 1.29 is 9.21 Å². The fourth-order valence-electron chi connectivity index (χ4n) is 1.31. The number of rotatable bonds is 2. The minimum absolute atomic E-state index is 0.185. The van der Waals surface area contributed by atoms with Crippen LogP contribution < -0.4 is 5.32 Å². The molecule has 0 saturated carbocycles. The molecule has 2 rings (SSSR count).